The molecule has 0 aliphatic carbocycles. The Labute approximate surface area is 199 Å². The number of carbonyl (C=O) groups excluding carboxylic acids is 1. The maximum atomic E-state index is 12.9. The maximum Gasteiger partial charge on any atom is 0.261 e. The van der Waals surface area contributed by atoms with Crippen molar-refractivity contribution in [2.75, 3.05) is 25.5 Å². The fourth-order valence-electron chi connectivity index (χ4n) is 3.26. The van der Waals surface area contributed by atoms with Crippen molar-refractivity contribution in [3.8, 4) is 17.2 Å². The number of aryl methyl sites for hydroxylation is 1. The van der Waals surface area contributed by atoms with Crippen LogP contribution in [0.4, 0.5) is 5.69 Å². The van der Waals surface area contributed by atoms with Gasteiger partial charge < -0.3 is 19.5 Å². The molecule has 3 aromatic carbocycles. The van der Waals surface area contributed by atoms with Crippen LogP contribution in [0, 0.1) is 6.92 Å². The zero-order valence-electron chi connectivity index (χ0n) is 19.5. The summed E-state index contributed by atoms with van der Waals surface area (Å²) < 4.78 is 44.2. The fraction of sp³-hybridized carbons (Fsp3) is 0.240. The van der Waals surface area contributed by atoms with Gasteiger partial charge in [-0.1, -0.05) is 12.1 Å². The summed E-state index contributed by atoms with van der Waals surface area (Å²) >= 11 is 0. The van der Waals surface area contributed by atoms with E-state index < -0.39 is 10.0 Å². The molecule has 3 aromatic rings. The lowest BCUT2D eigenvalue weighted by Gasteiger charge is -2.13. The molecule has 0 aromatic heterocycles. The molecule has 0 saturated carbocycles. The van der Waals surface area contributed by atoms with E-state index in [2.05, 4.69) is 10.0 Å². The highest BCUT2D eigenvalue weighted by molar-refractivity contribution is 7.92. The van der Waals surface area contributed by atoms with Crippen LogP contribution in [0.15, 0.2) is 65.6 Å². The van der Waals surface area contributed by atoms with E-state index in [0.29, 0.717) is 35.1 Å². The first-order chi connectivity index (χ1) is 16.3. The average molecular weight is 485 g/mol. The van der Waals surface area contributed by atoms with Crippen LogP contribution in [0.2, 0.25) is 0 Å². The van der Waals surface area contributed by atoms with E-state index >= 15 is 0 Å². The van der Waals surface area contributed by atoms with Gasteiger partial charge in [-0.25, -0.2) is 8.42 Å². The Morgan fingerprint density at radius 3 is 2.29 bits per heavy atom. The first-order valence-corrected chi connectivity index (χ1v) is 12.1. The lowest BCUT2D eigenvalue weighted by atomic mass is 10.1. The molecule has 1 amide bonds. The minimum Gasteiger partial charge on any atom is -0.497 e. The number of carbonyl (C=O) groups is 1. The highest BCUT2D eigenvalue weighted by atomic mass is 32.2. The van der Waals surface area contributed by atoms with Gasteiger partial charge in [0, 0.05) is 17.8 Å². The molecular formula is C25H28N2O6S. The molecule has 34 heavy (non-hydrogen) atoms. The zero-order valence-corrected chi connectivity index (χ0v) is 20.4. The number of methoxy groups -OCH3 is 2. The zero-order chi connectivity index (χ0) is 24.7. The molecule has 9 heteroatoms. The first-order valence-electron chi connectivity index (χ1n) is 10.6. The normalized spacial score (nSPS) is 10.9. The van der Waals surface area contributed by atoms with Crippen LogP contribution in [-0.2, 0) is 16.6 Å². The quantitative estimate of drug-likeness (QED) is 0.448. The summed E-state index contributed by atoms with van der Waals surface area (Å²) in [6.07, 6.45) is 0. The van der Waals surface area contributed by atoms with Crippen LogP contribution in [0.1, 0.15) is 28.4 Å². The molecule has 0 aliphatic heterocycles. The predicted molar refractivity (Wildman–Crippen MR) is 130 cm³/mol. The Balaban J connectivity index is 1.75. The lowest BCUT2D eigenvalue weighted by molar-refractivity contribution is 0.0950. The Kier molecular flexibility index (Phi) is 8.01. The molecule has 180 valence electrons. The minimum absolute atomic E-state index is 0.0122. The Morgan fingerprint density at radius 1 is 0.912 bits per heavy atom. The number of sulfonamides is 1. The van der Waals surface area contributed by atoms with Gasteiger partial charge >= 0.3 is 0 Å². The van der Waals surface area contributed by atoms with Gasteiger partial charge in [0.05, 0.1) is 25.7 Å². The van der Waals surface area contributed by atoms with Gasteiger partial charge in [0.25, 0.3) is 15.9 Å². The summed E-state index contributed by atoms with van der Waals surface area (Å²) in [7, 11) is -0.810. The standard InChI is InChI=1S/C25H28N2O6S/c1-5-33-23-13-7-18(14-24(23)32-4)16-26-25(28)22-15-21(12-6-17(22)2)34(29,30)27-19-8-10-20(31-3)11-9-19/h6-15,27H,5,16H2,1-4H3,(H,26,28). The second-order valence-corrected chi connectivity index (χ2v) is 9.09. The first kappa shape index (κ1) is 24.9. The molecular weight excluding hydrogens is 456 g/mol. The van der Waals surface area contributed by atoms with Gasteiger partial charge in [-0.05, 0) is 73.5 Å². The van der Waals surface area contributed by atoms with Gasteiger partial charge in [0.15, 0.2) is 11.5 Å². The number of ether oxygens (including phenoxy) is 3. The summed E-state index contributed by atoms with van der Waals surface area (Å²) in [5, 5.41) is 2.84. The van der Waals surface area contributed by atoms with Crippen molar-refractivity contribution in [3.05, 3.63) is 77.4 Å². The highest BCUT2D eigenvalue weighted by Gasteiger charge is 2.18. The van der Waals surface area contributed by atoms with Crippen LogP contribution < -0.4 is 24.2 Å². The average Bonchev–Trinajstić information content (AvgIpc) is 2.83. The van der Waals surface area contributed by atoms with E-state index in [0.717, 1.165) is 5.56 Å². The topological polar surface area (TPSA) is 103 Å². The van der Waals surface area contributed by atoms with Crippen molar-refractivity contribution >= 4 is 21.6 Å². The van der Waals surface area contributed by atoms with Gasteiger partial charge in [-0.15, -0.1) is 0 Å². The molecule has 8 nitrogen and oxygen atoms in total. The van der Waals surface area contributed by atoms with Crippen molar-refractivity contribution in [1.29, 1.82) is 0 Å². The number of nitrogens with one attached hydrogen (secondary N) is 2. The van der Waals surface area contributed by atoms with Gasteiger partial charge in [0.1, 0.15) is 5.75 Å². The van der Waals surface area contributed by atoms with Gasteiger partial charge in [0.2, 0.25) is 0 Å². The molecule has 0 radical (unpaired) electrons. The molecule has 3 rings (SSSR count). The molecule has 0 aliphatic rings. The van der Waals surface area contributed by atoms with Crippen molar-refractivity contribution in [2.45, 2.75) is 25.3 Å². The Bertz CT molecular complexity index is 1260. The molecule has 0 atom stereocenters. The summed E-state index contributed by atoms with van der Waals surface area (Å²) in [5.74, 6) is 1.43. The Hall–Kier alpha value is -3.72. The van der Waals surface area contributed by atoms with Crippen molar-refractivity contribution in [3.63, 3.8) is 0 Å². The third-order valence-electron chi connectivity index (χ3n) is 5.09. The number of anilines is 1. The van der Waals surface area contributed by atoms with E-state index in [1.807, 2.05) is 13.0 Å². The molecule has 0 unspecified atom stereocenters. The number of hydrogen-bond acceptors (Lipinski definition) is 6. The van der Waals surface area contributed by atoms with Crippen molar-refractivity contribution in [2.24, 2.45) is 0 Å². The van der Waals surface area contributed by atoms with Gasteiger partial charge in [-0.3, -0.25) is 9.52 Å². The third-order valence-corrected chi connectivity index (χ3v) is 6.47. The highest BCUT2D eigenvalue weighted by Crippen LogP contribution is 2.28. The molecule has 0 heterocycles. The number of amides is 1. The minimum atomic E-state index is -3.89. The van der Waals surface area contributed by atoms with Crippen LogP contribution >= 0.6 is 0 Å². The smallest absolute Gasteiger partial charge is 0.261 e. The largest absolute Gasteiger partial charge is 0.497 e. The second-order valence-electron chi connectivity index (χ2n) is 7.41. The number of benzene rings is 3. The number of hydrogen-bond donors (Lipinski definition) is 2. The molecule has 0 fully saturated rings. The lowest BCUT2D eigenvalue weighted by Crippen LogP contribution is -2.24. The SMILES string of the molecule is CCOc1ccc(CNC(=O)c2cc(S(=O)(=O)Nc3ccc(OC)cc3)ccc2C)cc1OC. The van der Waals surface area contributed by atoms with E-state index in [4.69, 9.17) is 14.2 Å². The van der Waals surface area contributed by atoms with Crippen molar-refractivity contribution < 1.29 is 27.4 Å². The van der Waals surface area contributed by atoms with Gasteiger partial charge in [-0.2, -0.15) is 0 Å². The van der Waals surface area contributed by atoms with E-state index in [1.54, 1.807) is 56.5 Å². The van der Waals surface area contributed by atoms with Crippen LogP contribution in [0.25, 0.3) is 0 Å². The molecule has 2 N–H and O–H groups in total. The van der Waals surface area contributed by atoms with Crippen LogP contribution in [0.3, 0.4) is 0 Å². The monoisotopic (exact) mass is 484 g/mol. The van der Waals surface area contributed by atoms with Crippen LogP contribution in [-0.4, -0.2) is 35.2 Å². The molecule has 0 saturated heterocycles. The second kappa shape index (κ2) is 10.9. The van der Waals surface area contributed by atoms with Crippen LogP contribution in [0.5, 0.6) is 17.2 Å². The van der Waals surface area contributed by atoms with E-state index in [1.165, 1.54) is 19.2 Å². The van der Waals surface area contributed by atoms with E-state index in [-0.39, 0.29) is 22.9 Å². The summed E-state index contributed by atoms with van der Waals surface area (Å²) in [4.78, 5) is 12.9. The summed E-state index contributed by atoms with van der Waals surface area (Å²) in [6.45, 7) is 4.39. The van der Waals surface area contributed by atoms with E-state index in [9.17, 15) is 13.2 Å². The molecule has 0 bridgehead atoms. The predicted octanol–water partition coefficient (Wildman–Crippen LogP) is 4.14. The molecule has 0 spiro atoms. The fourth-order valence-corrected chi connectivity index (χ4v) is 4.34. The van der Waals surface area contributed by atoms with Crippen molar-refractivity contribution in [1.82, 2.24) is 5.32 Å². The third kappa shape index (κ3) is 5.99. The summed E-state index contributed by atoms with van der Waals surface area (Å²) in [6, 6.07) is 16.4. The Morgan fingerprint density at radius 2 is 1.65 bits per heavy atom. The summed E-state index contributed by atoms with van der Waals surface area (Å²) in [5.41, 5.74) is 2.13. The number of rotatable bonds is 10. The maximum absolute atomic E-state index is 12.9.